The highest BCUT2D eigenvalue weighted by atomic mass is 16.6. The van der Waals surface area contributed by atoms with Crippen LogP contribution in [0.3, 0.4) is 0 Å². The van der Waals surface area contributed by atoms with Crippen LogP contribution in [0.5, 0.6) is 0 Å². The molecular weight excluding hydrogens is 428 g/mol. The predicted octanol–water partition coefficient (Wildman–Crippen LogP) is 4.61. The summed E-state index contributed by atoms with van der Waals surface area (Å²) < 4.78 is 7.40. The first-order valence-corrected chi connectivity index (χ1v) is 11.6. The lowest BCUT2D eigenvalue weighted by Crippen LogP contribution is -2.48. The number of piperidine rings is 1. The van der Waals surface area contributed by atoms with Gasteiger partial charge in [0.15, 0.2) is 0 Å². The highest BCUT2D eigenvalue weighted by Crippen LogP contribution is 2.29. The lowest BCUT2D eigenvalue weighted by molar-refractivity contribution is 0.0192. The van der Waals surface area contributed by atoms with E-state index in [1.807, 2.05) is 63.0 Å². The molecule has 1 aromatic carbocycles. The van der Waals surface area contributed by atoms with Crippen LogP contribution in [0.25, 0.3) is 27.7 Å². The summed E-state index contributed by atoms with van der Waals surface area (Å²) in [5.41, 5.74) is 4.09. The number of allylic oxidation sites excluding steroid dienone is 1. The van der Waals surface area contributed by atoms with Gasteiger partial charge < -0.3 is 20.4 Å². The van der Waals surface area contributed by atoms with Gasteiger partial charge in [-0.25, -0.2) is 4.79 Å². The number of aryl methyl sites for hydroxylation is 1. The number of benzene rings is 1. The van der Waals surface area contributed by atoms with Crippen LogP contribution in [-0.2, 0) is 11.8 Å². The fraction of sp³-hybridized carbons (Fsp3) is 0.385. The molecule has 0 saturated carbocycles. The van der Waals surface area contributed by atoms with E-state index in [4.69, 9.17) is 15.2 Å². The monoisotopic (exact) mass is 460 g/mol. The highest BCUT2D eigenvalue weighted by Gasteiger charge is 2.27. The smallest absolute Gasteiger partial charge is 0.410 e. The number of nitrogens with zero attached hydrogens (tertiary/aromatic N) is 4. The van der Waals surface area contributed by atoms with Crippen molar-refractivity contribution in [2.24, 2.45) is 7.05 Å². The maximum atomic E-state index is 12.5. The third-order valence-electron chi connectivity index (χ3n) is 5.84. The molecule has 2 aromatic heterocycles. The van der Waals surface area contributed by atoms with Crippen LogP contribution in [0.4, 0.5) is 4.79 Å². The molecule has 1 fully saturated rings. The molecule has 1 saturated heterocycles. The average Bonchev–Trinajstić information content (AvgIpc) is 3.15. The minimum atomic E-state index is -0.509. The zero-order valence-corrected chi connectivity index (χ0v) is 20.2. The summed E-state index contributed by atoms with van der Waals surface area (Å²) in [5, 5.41) is 17.2. The van der Waals surface area contributed by atoms with Gasteiger partial charge in [-0.3, -0.25) is 9.67 Å². The number of hydrogen-bond donors (Lipinski definition) is 2. The first kappa shape index (κ1) is 23.5. The number of likely N-dealkylation sites (tertiary alicyclic amines) is 1. The lowest BCUT2D eigenvalue weighted by atomic mass is 10.0. The number of rotatable bonds is 5. The van der Waals surface area contributed by atoms with Crippen LogP contribution < -0.4 is 5.32 Å². The van der Waals surface area contributed by atoms with Crippen LogP contribution in [0.2, 0.25) is 0 Å². The third kappa shape index (κ3) is 5.27. The normalized spacial score (nSPS) is 17.0. The Morgan fingerprint density at radius 2 is 2.00 bits per heavy atom. The molecule has 8 heteroatoms. The predicted molar refractivity (Wildman–Crippen MR) is 135 cm³/mol. The number of aromatic nitrogens is 3. The van der Waals surface area contributed by atoms with Gasteiger partial charge in [0.25, 0.3) is 0 Å². The molecule has 34 heavy (non-hydrogen) atoms. The molecule has 1 aliphatic rings. The second-order valence-electron chi connectivity index (χ2n) is 9.62. The first-order chi connectivity index (χ1) is 16.2. The van der Waals surface area contributed by atoms with E-state index in [1.54, 1.807) is 17.3 Å². The Labute approximate surface area is 200 Å². The zero-order valence-electron chi connectivity index (χ0n) is 20.2. The first-order valence-electron chi connectivity index (χ1n) is 11.6. The van der Waals surface area contributed by atoms with E-state index in [0.29, 0.717) is 13.1 Å². The maximum absolute atomic E-state index is 12.5. The number of ether oxygens (including phenoxy) is 1. The Morgan fingerprint density at radius 3 is 2.71 bits per heavy atom. The van der Waals surface area contributed by atoms with E-state index in [0.717, 1.165) is 46.1 Å². The molecule has 2 N–H and O–H groups in total. The van der Waals surface area contributed by atoms with Crippen molar-refractivity contribution in [2.75, 3.05) is 13.1 Å². The van der Waals surface area contributed by atoms with Gasteiger partial charge in [-0.05, 0) is 63.4 Å². The summed E-state index contributed by atoms with van der Waals surface area (Å²) in [6.45, 7) is 6.91. The van der Waals surface area contributed by atoms with Crippen LogP contribution in [0.15, 0.2) is 48.9 Å². The Kier molecular flexibility index (Phi) is 6.68. The van der Waals surface area contributed by atoms with Crippen LogP contribution >= 0.6 is 0 Å². The van der Waals surface area contributed by atoms with E-state index in [9.17, 15) is 4.79 Å². The Hall–Kier alpha value is -3.68. The van der Waals surface area contributed by atoms with Gasteiger partial charge in [-0.1, -0.05) is 6.07 Å². The Balaban J connectivity index is 1.54. The van der Waals surface area contributed by atoms with E-state index >= 15 is 0 Å². The van der Waals surface area contributed by atoms with Crippen molar-refractivity contribution in [1.82, 2.24) is 25.0 Å². The van der Waals surface area contributed by atoms with Gasteiger partial charge in [0.05, 0.1) is 5.52 Å². The van der Waals surface area contributed by atoms with E-state index < -0.39 is 5.60 Å². The topological polar surface area (TPSA) is 96.1 Å². The van der Waals surface area contributed by atoms with Crippen LogP contribution in [0, 0.1) is 5.41 Å². The number of carbonyl (C=O) groups is 1. The maximum Gasteiger partial charge on any atom is 0.410 e. The summed E-state index contributed by atoms with van der Waals surface area (Å²) in [5.74, 6) is 0. The number of nitrogens with one attached hydrogen (secondary N) is 2. The zero-order chi connectivity index (χ0) is 24.3. The van der Waals surface area contributed by atoms with Gasteiger partial charge in [-0.2, -0.15) is 5.10 Å². The molecule has 4 rings (SSSR count). The van der Waals surface area contributed by atoms with E-state index in [1.165, 1.54) is 6.21 Å². The molecule has 0 radical (unpaired) electrons. The molecule has 0 aliphatic carbocycles. The molecule has 3 aromatic rings. The second kappa shape index (κ2) is 9.67. The average molecular weight is 461 g/mol. The van der Waals surface area contributed by atoms with E-state index in [2.05, 4.69) is 16.4 Å². The van der Waals surface area contributed by atoms with Crippen molar-refractivity contribution in [1.29, 1.82) is 5.41 Å². The fourth-order valence-electron chi connectivity index (χ4n) is 4.19. The van der Waals surface area contributed by atoms with Crippen LogP contribution in [0.1, 0.15) is 39.2 Å². The lowest BCUT2D eigenvalue weighted by Gasteiger charge is -2.34. The van der Waals surface area contributed by atoms with Crippen molar-refractivity contribution in [3.63, 3.8) is 0 Å². The summed E-state index contributed by atoms with van der Waals surface area (Å²) in [6, 6.07) is 10.1. The number of hydrogen-bond acceptors (Lipinski definition) is 6. The fourth-order valence-corrected chi connectivity index (χ4v) is 4.19. The summed E-state index contributed by atoms with van der Waals surface area (Å²) in [4.78, 5) is 18.3. The molecule has 1 atom stereocenters. The van der Waals surface area contributed by atoms with Crippen molar-refractivity contribution < 1.29 is 9.53 Å². The van der Waals surface area contributed by atoms with Crippen molar-refractivity contribution >= 4 is 28.8 Å². The molecule has 8 nitrogen and oxygen atoms in total. The van der Waals surface area contributed by atoms with Crippen molar-refractivity contribution in [3.8, 4) is 11.3 Å². The molecule has 0 bridgehead atoms. The molecule has 1 amide bonds. The molecule has 1 aliphatic heterocycles. The molecule has 3 heterocycles. The van der Waals surface area contributed by atoms with Gasteiger partial charge in [-0.15, -0.1) is 0 Å². The quantitative estimate of drug-likeness (QED) is 0.542. The Morgan fingerprint density at radius 1 is 1.24 bits per heavy atom. The molecule has 1 unspecified atom stereocenters. The van der Waals surface area contributed by atoms with Gasteiger partial charge in [0.2, 0.25) is 0 Å². The largest absolute Gasteiger partial charge is 0.444 e. The number of carbonyl (C=O) groups excluding carboxylic acids is 1. The number of pyridine rings is 1. The number of fused-ring (bicyclic) bond motifs is 1. The summed E-state index contributed by atoms with van der Waals surface area (Å²) >= 11 is 0. The second-order valence-corrected chi connectivity index (χ2v) is 9.62. The third-order valence-corrected chi connectivity index (χ3v) is 5.84. The molecular formula is C26H32N6O2. The minimum absolute atomic E-state index is 0.103. The molecule has 178 valence electrons. The SMILES string of the molecule is Cn1nc(-c2ccncc2)c2cc(/C(C=N)=C/NC3CCCN(C(=O)OC(C)(C)C)C3)ccc21. The van der Waals surface area contributed by atoms with Gasteiger partial charge in [0, 0.05) is 67.5 Å². The van der Waals surface area contributed by atoms with Gasteiger partial charge >= 0.3 is 6.09 Å². The van der Waals surface area contributed by atoms with E-state index in [-0.39, 0.29) is 12.1 Å². The standard InChI is InChI=1S/C26H32N6O2/c1-26(2,3)34-25(33)32-13-5-6-21(17-32)29-16-20(15-27)19-7-8-23-22(14-19)24(30-31(23)4)18-9-11-28-12-10-18/h7-12,14-16,21,27,29H,5-6,13,17H2,1-4H3/b20-16+,27-15?. The number of amides is 1. The Bertz CT molecular complexity index is 1210. The van der Waals surface area contributed by atoms with Crippen molar-refractivity contribution in [2.45, 2.75) is 45.3 Å². The van der Waals surface area contributed by atoms with Crippen molar-refractivity contribution in [3.05, 3.63) is 54.5 Å². The summed E-state index contributed by atoms with van der Waals surface area (Å²) in [7, 11) is 1.93. The van der Waals surface area contributed by atoms with Crippen LogP contribution in [-0.4, -0.2) is 56.7 Å². The van der Waals surface area contributed by atoms with Gasteiger partial charge in [0.1, 0.15) is 11.3 Å². The summed E-state index contributed by atoms with van der Waals surface area (Å²) in [6.07, 6.45) is 8.33. The molecule has 0 spiro atoms. The minimum Gasteiger partial charge on any atom is -0.444 e. The highest BCUT2D eigenvalue weighted by molar-refractivity contribution is 6.10.